The number of rotatable bonds is 5. The number of aromatic nitrogens is 2. The van der Waals surface area contributed by atoms with Crippen LogP contribution < -0.4 is 15.8 Å². The van der Waals surface area contributed by atoms with Crippen LogP contribution in [0.4, 0.5) is 10.9 Å². The lowest BCUT2D eigenvalue weighted by Crippen LogP contribution is -2.12. The van der Waals surface area contributed by atoms with Gasteiger partial charge in [-0.05, 0) is 68.3 Å². The summed E-state index contributed by atoms with van der Waals surface area (Å²) in [6, 6.07) is 15.1. The fraction of sp³-hybridized carbons (Fsp3) is 0.125. The molecule has 0 radical (unpaired) electrons. The van der Waals surface area contributed by atoms with Crippen LogP contribution in [0.15, 0.2) is 60.1 Å². The van der Waals surface area contributed by atoms with Gasteiger partial charge in [0, 0.05) is 22.7 Å². The van der Waals surface area contributed by atoms with Crippen LogP contribution in [-0.2, 0) is 0 Å². The number of hydrogen-bond donors (Lipinski definition) is 2. The first-order chi connectivity index (χ1) is 14.9. The molecule has 2 aromatic heterocycles. The maximum absolute atomic E-state index is 12.4. The number of nitrogens with two attached hydrogens (primary N) is 1. The Morgan fingerprint density at radius 3 is 2.39 bits per heavy atom. The zero-order valence-corrected chi connectivity index (χ0v) is 18.3. The van der Waals surface area contributed by atoms with Crippen molar-refractivity contribution < 1.29 is 9.53 Å². The van der Waals surface area contributed by atoms with E-state index in [2.05, 4.69) is 15.3 Å². The highest BCUT2D eigenvalue weighted by molar-refractivity contribution is 7.14. The van der Waals surface area contributed by atoms with Crippen LogP contribution in [0.3, 0.4) is 0 Å². The molecule has 7 heteroatoms. The zero-order valence-electron chi connectivity index (χ0n) is 17.5. The number of nitrogen functional groups attached to an aromatic ring is 1. The summed E-state index contributed by atoms with van der Waals surface area (Å²) in [7, 11) is 0. The molecule has 0 saturated heterocycles. The third-order valence-electron chi connectivity index (χ3n) is 4.79. The van der Waals surface area contributed by atoms with E-state index in [4.69, 9.17) is 10.5 Å². The SMILES string of the molecule is Cc1ccc(Oc2cc(C)c(-c3csc(NC(=O)c4ccnc(N)c4)n3)c(C)c2)cc1. The number of ether oxygens (including phenoxy) is 1. The molecule has 0 unspecified atom stereocenters. The molecule has 4 rings (SSSR count). The highest BCUT2D eigenvalue weighted by Gasteiger charge is 2.14. The van der Waals surface area contributed by atoms with Crippen molar-refractivity contribution in [1.82, 2.24) is 9.97 Å². The largest absolute Gasteiger partial charge is 0.457 e. The quantitative estimate of drug-likeness (QED) is 0.420. The number of carbonyl (C=O) groups excluding carboxylic acids is 1. The molecule has 31 heavy (non-hydrogen) atoms. The first kappa shape index (κ1) is 20.6. The van der Waals surface area contributed by atoms with E-state index in [1.807, 2.05) is 62.5 Å². The van der Waals surface area contributed by atoms with Crippen LogP contribution in [-0.4, -0.2) is 15.9 Å². The molecule has 0 spiro atoms. The molecule has 3 N–H and O–H groups in total. The van der Waals surface area contributed by atoms with E-state index < -0.39 is 0 Å². The summed E-state index contributed by atoms with van der Waals surface area (Å²) in [6.45, 7) is 6.10. The van der Waals surface area contributed by atoms with Gasteiger partial charge in [0.2, 0.25) is 0 Å². The van der Waals surface area contributed by atoms with E-state index in [1.54, 1.807) is 6.07 Å². The third kappa shape index (κ3) is 4.73. The van der Waals surface area contributed by atoms with Crippen molar-refractivity contribution in [3.8, 4) is 22.8 Å². The average Bonchev–Trinajstić information content (AvgIpc) is 3.17. The van der Waals surface area contributed by atoms with E-state index in [0.717, 1.165) is 33.9 Å². The number of anilines is 2. The van der Waals surface area contributed by atoms with E-state index in [9.17, 15) is 4.79 Å². The monoisotopic (exact) mass is 430 g/mol. The molecule has 2 heterocycles. The van der Waals surface area contributed by atoms with Crippen LogP contribution in [0.1, 0.15) is 27.0 Å². The van der Waals surface area contributed by atoms with Crippen molar-refractivity contribution in [3.05, 3.63) is 82.4 Å². The normalized spacial score (nSPS) is 10.7. The Morgan fingerprint density at radius 1 is 1.00 bits per heavy atom. The molecule has 6 nitrogen and oxygen atoms in total. The van der Waals surface area contributed by atoms with Crippen LogP contribution in [0, 0.1) is 20.8 Å². The van der Waals surface area contributed by atoms with Gasteiger partial charge in [-0.3, -0.25) is 10.1 Å². The van der Waals surface area contributed by atoms with E-state index in [1.165, 1.54) is 29.2 Å². The van der Waals surface area contributed by atoms with Crippen LogP contribution in [0.25, 0.3) is 11.3 Å². The Kier molecular flexibility index (Phi) is 5.68. The molecular formula is C24H22N4O2S. The Hall–Kier alpha value is -3.71. The maximum atomic E-state index is 12.4. The molecule has 0 saturated carbocycles. The van der Waals surface area contributed by atoms with Crippen molar-refractivity contribution in [2.45, 2.75) is 20.8 Å². The number of thiazole rings is 1. The summed E-state index contributed by atoms with van der Waals surface area (Å²) in [5, 5.41) is 5.28. The highest BCUT2D eigenvalue weighted by atomic mass is 32.1. The molecular weight excluding hydrogens is 408 g/mol. The van der Waals surface area contributed by atoms with Gasteiger partial charge in [-0.25, -0.2) is 9.97 Å². The summed E-state index contributed by atoms with van der Waals surface area (Å²) in [6.07, 6.45) is 1.50. The molecule has 4 aromatic rings. The fourth-order valence-corrected chi connectivity index (χ4v) is 4.03. The lowest BCUT2D eigenvalue weighted by molar-refractivity contribution is 0.102. The number of aryl methyl sites for hydroxylation is 3. The van der Waals surface area contributed by atoms with E-state index in [-0.39, 0.29) is 5.91 Å². The molecule has 0 fully saturated rings. The zero-order chi connectivity index (χ0) is 22.0. The molecule has 0 atom stereocenters. The molecule has 2 aromatic carbocycles. The predicted octanol–water partition coefficient (Wildman–Crippen LogP) is 5.76. The minimum Gasteiger partial charge on any atom is -0.457 e. The second-order valence-electron chi connectivity index (χ2n) is 7.31. The Balaban J connectivity index is 1.54. The maximum Gasteiger partial charge on any atom is 0.257 e. The van der Waals surface area contributed by atoms with Crippen molar-refractivity contribution in [2.24, 2.45) is 0 Å². The van der Waals surface area contributed by atoms with Gasteiger partial charge in [-0.15, -0.1) is 11.3 Å². The van der Waals surface area contributed by atoms with Gasteiger partial charge in [0.05, 0.1) is 5.69 Å². The van der Waals surface area contributed by atoms with Crippen LogP contribution in [0.5, 0.6) is 11.5 Å². The number of pyridine rings is 1. The standard InChI is InChI=1S/C24H22N4O2S/c1-14-4-6-18(7-5-14)30-19-10-15(2)22(16(3)11-19)20-13-31-24(27-20)28-23(29)17-8-9-26-21(25)12-17/h4-13H,1-3H3,(H2,25,26)(H,27,28,29). The van der Waals surface area contributed by atoms with Crippen molar-refractivity contribution in [2.75, 3.05) is 11.1 Å². The van der Waals surface area contributed by atoms with Gasteiger partial charge in [-0.1, -0.05) is 17.7 Å². The molecule has 0 aliphatic rings. The predicted molar refractivity (Wildman–Crippen MR) is 125 cm³/mol. The minimum atomic E-state index is -0.273. The highest BCUT2D eigenvalue weighted by Crippen LogP contribution is 2.34. The second-order valence-corrected chi connectivity index (χ2v) is 8.17. The molecule has 1 amide bonds. The van der Waals surface area contributed by atoms with Crippen molar-refractivity contribution in [1.29, 1.82) is 0 Å². The minimum absolute atomic E-state index is 0.273. The fourth-order valence-electron chi connectivity index (χ4n) is 3.33. The Bertz CT molecular complexity index is 1230. The average molecular weight is 431 g/mol. The number of nitrogens with one attached hydrogen (secondary N) is 1. The smallest absolute Gasteiger partial charge is 0.257 e. The number of carbonyl (C=O) groups is 1. The van der Waals surface area contributed by atoms with Gasteiger partial charge in [0.1, 0.15) is 17.3 Å². The lowest BCUT2D eigenvalue weighted by Gasteiger charge is -2.12. The van der Waals surface area contributed by atoms with Crippen LogP contribution >= 0.6 is 11.3 Å². The Labute approximate surface area is 184 Å². The van der Waals surface area contributed by atoms with E-state index in [0.29, 0.717) is 16.5 Å². The summed E-state index contributed by atoms with van der Waals surface area (Å²) >= 11 is 1.38. The topological polar surface area (TPSA) is 90.1 Å². The van der Waals surface area contributed by atoms with Gasteiger partial charge in [0.25, 0.3) is 5.91 Å². The summed E-state index contributed by atoms with van der Waals surface area (Å²) < 4.78 is 6.01. The first-order valence-electron chi connectivity index (χ1n) is 9.73. The van der Waals surface area contributed by atoms with Gasteiger partial charge in [-0.2, -0.15) is 0 Å². The summed E-state index contributed by atoms with van der Waals surface area (Å²) in [4.78, 5) is 21.0. The second kappa shape index (κ2) is 8.57. The number of amides is 1. The van der Waals surface area contributed by atoms with Gasteiger partial charge in [0.15, 0.2) is 5.13 Å². The summed E-state index contributed by atoms with van der Waals surface area (Å²) in [5.41, 5.74) is 11.2. The van der Waals surface area contributed by atoms with Gasteiger partial charge >= 0.3 is 0 Å². The summed E-state index contributed by atoms with van der Waals surface area (Å²) in [5.74, 6) is 1.60. The van der Waals surface area contributed by atoms with Crippen molar-refractivity contribution in [3.63, 3.8) is 0 Å². The third-order valence-corrected chi connectivity index (χ3v) is 5.54. The Morgan fingerprint density at radius 2 is 1.71 bits per heavy atom. The molecule has 0 aliphatic carbocycles. The number of benzene rings is 2. The van der Waals surface area contributed by atoms with Crippen molar-refractivity contribution >= 4 is 28.2 Å². The first-order valence-corrected chi connectivity index (χ1v) is 10.6. The van der Waals surface area contributed by atoms with E-state index >= 15 is 0 Å². The molecule has 0 bridgehead atoms. The number of nitrogens with zero attached hydrogens (tertiary/aromatic N) is 2. The molecule has 0 aliphatic heterocycles. The van der Waals surface area contributed by atoms with Gasteiger partial charge < -0.3 is 10.5 Å². The van der Waals surface area contributed by atoms with Crippen LogP contribution in [0.2, 0.25) is 0 Å². The number of hydrogen-bond acceptors (Lipinski definition) is 6. The molecule has 156 valence electrons. The lowest BCUT2D eigenvalue weighted by atomic mass is 10.0.